The zero-order valence-electron chi connectivity index (χ0n) is 12.4. The van der Waals surface area contributed by atoms with E-state index in [4.69, 9.17) is 44.3 Å². The Balaban J connectivity index is 1.92. The molecule has 0 spiro atoms. The molecule has 0 amide bonds. The summed E-state index contributed by atoms with van der Waals surface area (Å²) in [6.07, 6.45) is 0. The van der Waals surface area contributed by atoms with Crippen LogP contribution in [0.2, 0.25) is 15.1 Å². The third kappa shape index (κ3) is 3.98. The number of sulfone groups is 1. The van der Waals surface area contributed by atoms with Crippen molar-refractivity contribution in [1.29, 1.82) is 0 Å². The molecule has 0 saturated heterocycles. The van der Waals surface area contributed by atoms with Crippen LogP contribution in [-0.2, 0) is 32.7 Å². The Morgan fingerprint density at radius 2 is 1.75 bits per heavy atom. The van der Waals surface area contributed by atoms with E-state index in [2.05, 4.69) is 0 Å². The average Bonchev–Trinajstić information content (AvgIpc) is 2.50. The molecule has 0 saturated carbocycles. The molecule has 8 heteroatoms. The summed E-state index contributed by atoms with van der Waals surface area (Å²) in [6, 6.07) is 8.19. The molecule has 1 aliphatic heterocycles. The van der Waals surface area contributed by atoms with E-state index in [1.54, 1.807) is 30.3 Å². The van der Waals surface area contributed by atoms with Crippen LogP contribution in [0.15, 0.2) is 30.3 Å². The van der Waals surface area contributed by atoms with E-state index in [1.807, 2.05) is 0 Å². The summed E-state index contributed by atoms with van der Waals surface area (Å²) < 4.78 is 35.9. The van der Waals surface area contributed by atoms with Crippen molar-refractivity contribution in [3.05, 3.63) is 62.1 Å². The minimum absolute atomic E-state index is 0.0814. The first-order valence-corrected chi connectivity index (χ1v) is 9.96. The van der Waals surface area contributed by atoms with Crippen LogP contribution in [-0.4, -0.2) is 15.2 Å². The summed E-state index contributed by atoms with van der Waals surface area (Å²) in [6.45, 7) is 0.414. The lowest BCUT2D eigenvalue weighted by Gasteiger charge is -2.21. The number of hydrogen-bond donors (Lipinski definition) is 0. The summed E-state index contributed by atoms with van der Waals surface area (Å²) >= 11 is 18.2. The number of hydrogen-bond acceptors (Lipinski definition) is 4. The molecule has 24 heavy (non-hydrogen) atoms. The molecule has 0 radical (unpaired) electrons. The molecular weight excluding hydrogens is 395 g/mol. The van der Waals surface area contributed by atoms with Crippen molar-refractivity contribution in [3.63, 3.8) is 0 Å². The van der Waals surface area contributed by atoms with Crippen molar-refractivity contribution >= 4 is 44.6 Å². The zero-order valence-corrected chi connectivity index (χ0v) is 15.5. The summed E-state index contributed by atoms with van der Waals surface area (Å²) in [4.78, 5) is 0. The maximum atomic E-state index is 12.6. The second-order valence-electron chi connectivity index (χ2n) is 5.40. The Morgan fingerprint density at radius 3 is 2.46 bits per heavy atom. The summed E-state index contributed by atoms with van der Waals surface area (Å²) in [7, 11) is -3.53. The monoisotopic (exact) mass is 406 g/mol. The van der Waals surface area contributed by atoms with Gasteiger partial charge in [0.2, 0.25) is 0 Å². The normalized spacial score (nSPS) is 14.1. The van der Waals surface area contributed by atoms with E-state index in [1.165, 1.54) is 0 Å². The Morgan fingerprint density at radius 1 is 1.04 bits per heavy atom. The standard InChI is InChI=1S/C16H13Cl3O4S/c17-12-4-10-6-22-9-23-16(10)11(5-12)7-24(20,21)8-13-14(18)2-1-3-15(13)19/h1-5H,6-9H2. The first kappa shape index (κ1) is 17.8. The fourth-order valence-corrected chi connectivity index (χ4v) is 5.04. The number of rotatable bonds is 4. The molecule has 2 aromatic rings. The maximum Gasteiger partial charge on any atom is 0.189 e. The molecular formula is C16H13Cl3O4S. The van der Waals surface area contributed by atoms with E-state index in [9.17, 15) is 8.42 Å². The van der Waals surface area contributed by atoms with Crippen LogP contribution in [0.5, 0.6) is 5.75 Å². The predicted octanol–water partition coefficient (Wildman–Crippen LogP) is 4.63. The highest BCUT2D eigenvalue weighted by molar-refractivity contribution is 7.89. The smallest absolute Gasteiger partial charge is 0.189 e. The highest BCUT2D eigenvalue weighted by Gasteiger charge is 2.23. The lowest BCUT2D eigenvalue weighted by atomic mass is 10.1. The minimum Gasteiger partial charge on any atom is -0.467 e. The molecule has 4 nitrogen and oxygen atoms in total. The van der Waals surface area contributed by atoms with Gasteiger partial charge in [-0.2, -0.15) is 0 Å². The van der Waals surface area contributed by atoms with Crippen molar-refractivity contribution in [2.75, 3.05) is 6.79 Å². The third-order valence-electron chi connectivity index (χ3n) is 3.55. The first-order chi connectivity index (χ1) is 11.4. The van der Waals surface area contributed by atoms with Gasteiger partial charge in [0.1, 0.15) is 5.75 Å². The molecule has 3 rings (SSSR count). The maximum absolute atomic E-state index is 12.6. The summed E-state index contributed by atoms with van der Waals surface area (Å²) in [5.41, 5.74) is 1.62. The quantitative estimate of drug-likeness (QED) is 0.741. The lowest BCUT2D eigenvalue weighted by molar-refractivity contribution is -0.0169. The number of benzene rings is 2. The van der Waals surface area contributed by atoms with Gasteiger partial charge in [-0.3, -0.25) is 0 Å². The number of fused-ring (bicyclic) bond motifs is 1. The van der Waals surface area contributed by atoms with Gasteiger partial charge in [0.15, 0.2) is 16.6 Å². The second-order valence-corrected chi connectivity index (χ2v) is 8.71. The zero-order chi connectivity index (χ0) is 17.3. The van der Waals surface area contributed by atoms with Crippen LogP contribution >= 0.6 is 34.8 Å². The Bertz CT molecular complexity index is 861. The summed E-state index contributed by atoms with van der Waals surface area (Å²) in [5.74, 6) is 0.0280. The molecule has 0 N–H and O–H groups in total. The van der Waals surface area contributed by atoms with Crippen LogP contribution in [0, 0.1) is 0 Å². The molecule has 0 fully saturated rings. The van der Waals surface area contributed by atoms with E-state index < -0.39 is 9.84 Å². The average molecular weight is 408 g/mol. The van der Waals surface area contributed by atoms with Gasteiger partial charge in [-0.05, 0) is 24.3 Å². The van der Waals surface area contributed by atoms with Crippen LogP contribution < -0.4 is 4.74 Å². The molecule has 1 aliphatic rings. The van der Waals surface area contributed by atoms with E-state index in [-0.39, 0.29) is 18.3 Å². The van der Waals surface area contributed by atoms with Crippen molar-refractivity contribution in [1.82, 2.24) is 0 Å². The van der Waals surface area contributed by atoms with Crippen LogP contribution in [0.1, 0.15) is 16.7 Å². The fourth-order valence-electron chi connectivity index (χ4n) is 2.54. The van der Waals surface area contributed by atoms with Gasteiger partial charge in [-0.15, -0.1) is 0 Å². The van der Waals surface area contributed by atoms with Gasteiger partial charge >= 0.3 is 0 Å². The van der Waals surface area contributed by atoms with Crippen LogP contribution in [0.3, 0.4) is 0 Å². The van der Waals surface area contributed by atoms with Gasteiger partial charge < -0.3 is 9.47 Å². The number of halogens is 3. The Hall–Kier alpha value is -0.980. The molecule has 128 valence electrons. The van der Waals surface area contributed by atoms with Gasteiger partial charge in [-0.1, -0.05) is 40.9 Å². The van der Waals surface area contributed by atoms with Crippen LogP contribution in [0.25, 0.3) is 0 Å². The summed E-state index contributed by atoms with van der Waals surface area (Å²) in [5, 5.41) is 1.08. The van der Waals surface area contributed by atoms with Gasteiger partial charge in [0.05, 0.1) is 18.1 Å². The molecule has 0 atom stereocenters. The fraction of sp³-hybridized carbons (Fsp3) is 0.250. The molecule has 0 aromatic heterocycles. The van der Waals surface area contributed by atoms with Crippen molar-refractivity contribution in [2.24, 2.45) is 0 Å². The second kappa shape index (κ2) is 7.10. The van der Waals surface area contributed by atoms with E-state index >= 15 is 0 Å². The van der Waals surface area contributed by atoms with Crippen molar-refractivity contribution in [3.8, 4) is 5.75 Å². The Labute approximate surface area is 155 Å². The molecule has 0 aliphatic carbocycles. The first-order valence-electron chi connectivity index (χ1n) is 7.01. The lowest BCUT2D eigenvalue weighted by Crippen LogP contribution is -2.15. The van der Waals surface area contributed by atoms with Gasteiger partial charge in [0.25, 0.3) is 0 Å². The SMILES string of the molecule is O=S(=O)(Cc1cc(Cl)cc2c1OCOC2)Cc1c(Cl)cccc1Cl. The Kier molecular flexibility index (Phi) is 5.27. The van der Waals surface area contributed by atoms with Crippen LogP contribution in [0.4, 0.5) is 0 Å². The molecule has 0 unspecified atom stereocenters. The van der Waals surface area contributed by atoms with E-state index in [0.717, 1.165) is 5.56 Å². The van der Waals surface area contributed by atoms with Crippen molar-refractivity contribution in [2.45, 2.75) is 18.1 Å². The van der Waals surface area contributed by atoms with Gasteiger partial charge in [-0.25, -0.2) is 8.42 Å². The highest BCUT2D eigenvalue weighted by atomic mass is 35.5. The van der Waals surface area contributed by atoms with Crippen molar-refractivity contribution < 1.29 is 17.9 Å². The predicted molar refractivity (Wildman–Crippen MR) is 94.5 cm³/mol. The third-order valence-corrected chi connectivity index (χ3v) is 5.96. The highest BCUT2D eigenvalue weighted by Crippen LogP contribution is 2.34. The van der Waals surface area contributed by atoms with E-state index in [0.29, 0.717) is 38.6 Å². The number of ether oxygens (including phenoxy) is 2. The van der Waals surface area contributed by atoms with Gasteiger partial charge in [0, 0.05) is 31.8 Å². The molecule has 1 heterocycles. The molecule has 2 aromatic carbocycles. The topological polar surface area (TPSA) is 52.6 Å². The largest absolute Gasteiger partial charge is 0.467 e. The minimum atomic E-state index is -3.53. The molecule has 0 bridgehead atoms.